The molecule has 1 fully saturated rings. The highest BCUT2D eigenvalue weighted by Crippen LogP contribution is 2.48. The topological polar surface area (TPSA) is 72.3 Å². The lowest BCUT2D eigenvalue weighted by Gasteiger charge is -2.50. The number of carbonyl (C=O) groups excluding carboxylic acids is 1. The van der Waals surface area contributed by atoms with Gasteiger partial charge in [0.15, 0.2) is 11.6 Å². The van der Waals surface area contributed by atoms with Gasteiger partial charge in [0.05, 0.1) is 12.2 Å². The molecule has 0 aliphatic carbocycles. The van der Waals surface area contributed by atoms with E-state index in [4.69, 9.17) is 4.74 Å². The molecule has 0 radical (unpaired) electrons. The zero-order valence-electron chi connectivity index (χ0n) is 12.4. The van der Waals surface area contributed by atoms with Gasteiger partial charge in [-0.2, -0.15) is 0 Å². The van der Waals surface area contributed by atoms with Gasteiger partial charge >= 0.3 is 6.03 Å². The number of ether oxygens (including phenoxy) is 1. The lowest BCUT2D eigenvalue weighted by atomic mass is 9.88. The van der Waals surface area contributed by atoms with Crippen LogP contribution >= 0.6 is 0 Å². The number of aryl methyl sites for hydroxylation is 1. The third-order valence-electron chi connectivity index (χ3n) is 4.45. The molecule has 2 aliphatic heterocycles. The molecule has 3 heterocycles. The summed E-state index contributed by atoms with van der Waals surface area (Å²) in [6.45, 7) is 0. The Balaban J connectivity index is 1.93. The van der Waals surface area contributed by atoms with Crippen LogP contribution in [0.2, 0.25) is 0 Å². The fourth-order valence-corrected chi connectivity index (χ4v) is 3.23. The Morgan fingerprint density at radius 3 is 2.78 bits per heavy atom. The molecule has 2 unspecified atom stereocenters. The molecule has 120 valence electrons. The standard InChI is InChI=1S/C14H13F2N5O2/c1-20-13(22)18-10-5-14(20,12-6-17-19-21(12)2)23-11-4-9(16)8(15)3-7(10)11/h3-4,6,10H,5H2,1-2H3,(H,18,22). The minimum atomic E-state index is -1.18. The maximum atomic E-state index is 13.6. The van der Waals surface area contributed by atoms with Crippen LogP contribution in [0.25, 0.3) is 0 Å². The molecule has 1 N–H and O–H groups in total. The molecule has 2 amide bonds. The van der Waals surface area contributed by atoms with Crippen molar-refractivity contribution in [2.45, 2.75) is 18.2 Å². The van der Waals surface area contributed by atoms with Crippen molar-refractivity contribution in [3.63, 3.8) is 0 Å². The van der Waals surface area contributed by atoms with Gasteiger partial charge < -0.3 is 10.1 Å². The van der Waals surface area contributed by atoms with E-state index < -0.39 is 23.4 Å². The summed E-state index contributed by atoms with van der Waals surface area (Å²) in [6, 6.07) is 1.19. The van der Waals surface area contributed by atoms with Crippen LogP contribution < -0.4 is 10.1 Å². The van der Waals surface area contributed by atoms with Gasteiger partial charge in [-0.1, -0.05) is 5.21 Å². The van der Waals surface area contributed by atoms with E-state index in [2.05, 4.69) is 15.6 Å². The van der Waals surface area contributed by atoms with Crippen LogP contribution in [0.15, 0.2) is 18.3 Å². The summed E-state index contributed by atoms with van der Waals surface area (Å²) < 4.78 is 34.7. The predicted molar refractivity (Wildman–Crippen MR) is 73.3 cm³/mol. The lowest BCUT2D eigenvalue weighted by molar-refractivity contribution is -0.0992. The van der Waals surface area contributed by atoms with E-state index in [0.717, 1.165) is 12.1 Å². The van der Waals surface area contributed by atoms with Crippen molar-refractivity contribution in [3.8, 4) is 5.75 Å². The van der Waals surface area contributed by atoms with Crippen LogP contribution in [0, 0.1) is 11.6 Å². The number of rotatable bonds is 1. The van der Waals surface area contributed by atoms with E-state index in [-0.39, 0.29) is 11.8 Å². The zero-order valence-corrected chi connectivity index (χ0v) is 12.4. The second-order valence-electron chi connectivity index (χ2n) is 5.70. The van der Waals surface area contributed by atoms with Gasteiger partial charge in [-0.25, -0.2) is 18.3 Å². The summed E-state index contributed by atoms with van der Waals surface area (Å²) in [6.07, 6.45) is 1.82. The number of amides is 2. The summed E-state index contributed by atoms with van der Waals surface area (Å²) in [4.78, 5) is 13.7. The maximum Gasteiger partial charge on any atom is 0.321 e. The number of benzene rings is 1. The number of nitrogens with one attached hydrogen (secondary N) is 1. The normalized spacial score (nSPS) is 25.7. The maximum absolute atomic E-state index is 13.6. The highest BCUT2D eigenvalue weighted by atomic mass is 19.2. The number of hydrogen-bond donors (Lipinski definition) is 1. The van der Waals surface area contributed by atoms with Gasteiger partial charge in [-0.3, -0.25) is 4.90 Å². The molecular formula is C14H13F2N5O2. The first-order chi connectivity index (χ1) is 10.9. The van der Waals surface area contributed by atoms with Crippen molar-refractivity contribution < 1.29 is 18.3 Å². The lowest BCUT2D eigenvalue weighted by Crippen LogP contribution is -2.63. The first-order valence-corrected chi connectivity index (χ1v) is 7.00. The number of urea groups is 1. The van der Waals surface area contributed by atoms with E-state index in [1.54, 1.807) is 14.1 Å². The minimum Gasteiger partial charge on any atom is -0.461 e. The van der Waals surface area contributed by atoms with Crippen molar-refractivity contribution in [1.29, 1.82) is 0 Å². The summed E-state index contributed by atoms with van der Waals surface area (Å²) in [5.74, 6) is -1.79. The summed E-state index contributed by atoms with van der Waals surface area (Å²) in [5.41, 5.74) is -0.214. The molecule has 9 heteroatoms. The molecule has 0 spiro atoms. The van der Waals surface area contributed by atoms with Gasteiger partial charge in [0.1, 0.15) is 11.4 Å². The van der Waals surface area contributed by atoms with Gasteiger partial charge in [-0.05, 0) is 6.07 Å². The Morgan fingerprint density at radius 1 is 1.35 bits per heavy atom. The molecule has 2 atom stereocenters. The summed E-state index contributed by atoms with van der Waals surface area (Å²) in [5, 5.41) is 10.5. The number of aromatic nitrogens is 3. The zero-order chi connectivity index (χ0) is 16.4. The Morgan fingerprint density at radius 2 is 2.09 bits per heavy atom. The van der Waals surface area contributed by atoms with Gasteiger partial charge in [-0.15, -0.1) is 5.10 Å². The monoisotopic (exact) mass is 321 g/mol. The Kier molecular flexibility index (Phi) is 2.66. The van der Waals surface area contributed by atoms with E-state index in [1.165, 1.54) is 15.8 Å². The summed E-state index contributed by atoms with van der Waals surface area (Å²) >= 11 is 0. The second-order valence-corrected chi connectivity index (χ2v) is 5.70. The number of hydrogen-bond acceptors (Lipinski definition) is 4. The summed E-state index contributed by atoms with van der Waals surface area (Å²) in [7, 11) is 3.25. The van der Waals surface area contributed by atoms with Crippen LogP contribution in [0.4, 0.5) is 13.6 Å². The Hall–Kier alpha value is -2.71. The third kappa shape index (κ3) is 1.76. The van der Waals surface area contributed by atoms with E-state index in [1.807, 2.05) is 0 Å². The minimum absolute atomic E-state index is 0.188. The quantitative estimate of drug-likeness (QED) is 0.862. The van der Waals surface area contributed by atoms with Gasteiger partial charge in [0.25, 0.3) is 0 Å². The first-order valence-electron chi connectivity index (χ1n) is 7.00. The SMILES string of the molecule is CN1C(=O)NC2CC1(c1cnnn1C)Oc1cc(F)c(F)cc12. The molecule has 0 saturated carbocycles. The van der Waals surface area contributed by atoms with Crippen LogP contribution in [0.5, 0.6) is 5.75 Å². The largest absolute Gasteiger partial charge is 0.461 e. The molecule has 4 rings (SSSR count). The molecule has 2 aliphatic rings. The molecule has 2 aromatic rings. The third-order valence-corrected chi connectivity index (χ3v) is 4.45. The number of halogens is 2. The van der Waals surface area contributed by atoms with Crippen LogP contribution in [0.3, 0.4) is 0 Å². The van der Waals surface area contributed by atoms with Gasteiger partial charge in [0, 0.05) is 32.1 Å². The van der Waals surface area contributed by atoms with E-state index in [0.29, 0.717) is 17.7 Å². The smallest absolute Gasteiger partial charge is 0.321 e. The van der Waals surface area contributed by atoms with E-state index in [9.17, 15) is 13.6 Å². The molecule has 2 bridgehead atoms. The molecular weight excluding hydrogens is 308 g/mol. The molecule has 7 nitrogen and oxygen atoms in total. The van der Waals surface area contributed by atoms with Crippen LogP contribution in [-0.4, -0.2) is 33.0 Å². The van der Waals surface area contributed by atoms with Gasteiger partial charge in [0.2, 0.25) is 5.72 Å². The Bertz CT molecular complexity index is 823. The average molecular weight is 321 g/mol. The molecule has 23 heavy (non-hydrogen) atoms. The molecule has 1 aromatic carbocycles. The van der Waals surface area contributed by atoms with Crippen molar-refractivity contribution in [2.24, 2.45) is 7.05 Å². The highest BCUT2D eigenvalue weighted by molar-refractivity contribution is 5.77. The fraction of sp³-hybridized carbons (Fsp3) is 0.357. The van der Waals surface area contributed by atoms with Crippen molar-refractivity contribution in [3.05, 3.63) is 41.2 Å². The van der Waals surface area contributed by atoms with E-state index >= 15 is 0 Å². The van der Waals surface area contributed by atoms with Crippen LogP contribution in [0.1, 0.15) is 23.7 Å². The second kappa shape index (κ2) is 4.40. The number of fused-ring (bicyclic) bond motifs is 4. The molecule has 1 saturated heterocycles. The number of nitrogens with zero attached hydrogens (tertiary/aromatic N) is 4. The number of carbonyl (C=O) groups is 1. The van der Waals surface area contributed by atoms with Crippen molar-refractivity contribution in [1.82, 2.24) is 25.2 Å². The average Bonchev–Trinajstić information content (AvgIpc) is 2.94. The van der Waals surface area contributed by atoms with Crippen molar-refractivity contribution >= 4 is 6.03 Å². The van der Waals surface area contributed by atoms with Crippen molar-refractivity contribution in [2.75, 3.05) is 7.05 Å². The first kappa shape index (κ1) is 13.9. The Labute approximate surface area is 129 Å². The molecule has 1 aromatic heterocycles. The highest BCUT2D eigenvalue weighted by Gasteiger charge is 2.54. The predicted octanol–water partition coefficient (Wildman–Crippen LogP) is 1.42. The fourth-order valence-electron chi connectivity index (χ4n) is 3.23. The van der Waals surface area contributed by atoms with Crippen LogP contribution in [-0.2, 0) is 12.8 Å².